The summed E-state index contributed by atoms with van der Waals surface area (Å²) in [6, 6.07) is 7.82. The number of hydrogen-bond donors (Lipinski definition) is 2. The predicted octanol–water partition coefficient (Wildman–Crippen LogP) is 2.21. The molecule has 9 nitrogen and oxygen atoms in total. The van der Waals surface area contributed by atoms with Crippen LogP contribution in [-0.2, 0) is 29.2 Å². The van der Waals surface area contributed by atoms with Crippen molar-refractivity contribution in [2.45, 2.75) is 26.1 Å². The molecule has 0 saturated carbocycles. The molecule has 1 fully saturated rings. The maximum Gasteiger partial charge on any atom is 0.150 e. The molecule has 0 atom stereocenters. The lowest BCUT2D eigenvalue weighted by Gasteiger charge is -2.26. The second-order valence-electron chi connectivity index (χ2n) is 7.99. The van der Waals surface area contributed by atoms with Gasteiger partial charge in [-0.15, -0.1) is 0 Å². The number of hydrogen-bond acceptors (Lipinski definition) is 7. The Morgan fingerprint density at radius 3 is 2.70 bits per heavy atom. The minimum absolute atomic E-state index is 0.565. The van der Waals surface area contributed by atoms with Crippen molar-refractivity contribution >= 4 is 22.9 Å². The zero-order chi connectivity index (χ0) is 23.5. The maximum absolute atomic E-state index is 10.9. The summed E-state index contributed by atoms with van der Waals surface area (Å²) >= 11 is 0. The number of benzene rings is 1. The van der Waals surface area contributed by atoms with Gasteiger partial charge >= 0.3 is 0 Å². The fourth-order valence-electron chi connectivity index (χ4n) is 3.87. The molecule has 180 valence electrons. The molecule has 1 aromatic carbocycles. The van der Waals surface area contributed by atoms with E-state index >= 15 is 0 Å². The first-order chi connectivity index (χ1) is 16.2. The molecule has 0 amide bonds. The van der Waals surface area contributed by atoms with Gasteiger partial charge in [-0.05, 0) is 30.5 Å². The van der Waals surface area contributed by atoms with Crippen molar-refractivity contribution in [3.05, 3.63) is 47.9 Å². The summed E-state index contributed by atoms with van der Waals surface area (Å²) in [6.07, 6.45) is 5.65. The molecule has 1 aliphatic heterocycles. The molecule has 3 aromatic rings. The summed E-state index contributed by atoms with van der Waals surface area (Å²) in [6.45, 7) is 7.87. The summed E-state index contributed by atoms with van der Waals surface area (Å²) in [4.78, 5) is 13.3. The van der Waals surface area contributed by atoms with Crippen molar-refractivity contribution in [3.63, 3.8) is 0 Å². The van der Waals surface area contributed by atoms with E-state index in [1.54, 1.807) is 7.11 Å². The van der Waals surface area contributed by atoms with Gasteiger partial charge < -0.3 is 25.1 Å². The second-order valence-corrected chi connectivity index (χ2v) is 7.99. The van der Waals surface area contributed by atoms with Crippen LogP contribution in [0.25, 0.3) is 10.9 Å². The summed E-state index contributed by atoms with van der Waals surface area (Å²) < 4.78 is 14.7. The molecule has 1 aliphatic rings. The largest absolute Gasteiger partial charge is 0.386 e. The van der Waals surface area contributed by atoms with E-state index in [9.17, 15) is 4.79 Å². The molecule has 0 radical (unpaired) electrons. The van der Waals surface area contributed by atoms with Crippen LogP contribution in [0.3, 0.4) is 0 Å². The highest BCUT2D eigenvalue weighted by Gasteiger charge is 2.10. The highest BCUT2D eigenvalue weighted by molar-refractivity contribution is 5.88. The number of fused-ring (bicyclic) bond motifs is 1. The normalized spacial score (nSPS) is 14.2. The Kier molecular flexibility index (Phi) is 9.89. The van der Waals surface area contributed by atoms with Crippen molar-refractivity contribution < 1.29 is 14.3 Å². The van der Waals surface area contributed by atoms with Gasteiger partial charge in [0.25, 0.3) is 0 Å². The minimum atomic E-state index is 0.565. The number of nitrogens with two attached hydrogens (primary N) is 1. The molecule has 0 bridgehead atoms. The van der Waals surface area contributed by atoms with E-state index in [2.05, 4.69) is 25.9 Å². The third-order valence-corrected chi connectivity index (χ3v) is 5.70. The lowest BCUT2D eigenvalue weighted by molar-refractivity contribution is 0.0360. The van der Waals surface area contributed by atoms with E-state index in [4.69, 9.17) is 15.2 Å². The van der Waals surface area contributed by atoms with Gasteiger partial charge in [-0.3, -0.25) is 14.4 Å². The summed E-state index contributed by atoms with van der Waals surface area (Å²) in [5.41, 5.74) is 9.51. The minimum Gasteiger partial charge on any atom is -0.386 e. The number of carbonyl (C=O) groups excluding carboxylic acids is 1. The standard InChI is InChI=1S/C14H18N2O2.C10H18N4O/c1-18-10-13-8-12-4-3-11(9-17)7-14(12)16(13)6-2-5-15;1-11-10-8-12-14(9-10)3-2-13-4-6-15-7-5-13/h3-4,7-9H,2,5-6,10,15H2,1H3;8-9,11H,2-7H2,1H3. The highest BCUT2D eigenvalue weighted by atomic mass is 16.5. The Balaban J connectivity index is 0.000000189. The van der Waals surface area contributed by atoms with Gasteiger partial charge in [0, 0.05) is 63.3 Å². The van der Waals surface area contributed by atoms with Gasteiger partial charge in [-0.1, -0.05) is 12.1 Å². The molecule has 3 heterocycles. The quantitative estimate of drug-likeness (QED) is 0.451. The predicted molar refractivity (Wildman–Crippen MR) is 131 cm³/mol. The van der Waals surface area contributed by atoms with Crippen LogP contribution in [0.15, 0.2) is 36.7 Å². The Hall–Kier alpha value is -2.72. The lowest BCUT2D eigenvalue weighted by atomic mass is 10.2. The van der Waals surface area contributed by atoms with E-state index in [1.165, 1.54) is 0 Å². The Labute approximate surface area is 195 Å². The average molecular weight is 457 g/mol. The lowest BCUT2D eigenvalue weighted by Crippen LogP contribution is -2.38. The number of nitrogens with one attached hydrogen (secondary N) is 1. The fraction of sp³-hybridized carbons (Fsp3) is 0.500. The molecule has 3 N–H and O–H groups in total. The van der Waals surface area contributed by atoms with E-state index in [1.807, 2.05) is 42.3 Å². The number of morpholine rings is 1. The molecule has 0 spiro atoms. The Morgan fingerprint density at radius 2 is 2.03 bits per heavy atom. The third-order valence-electron chi connectivity index (χ3n) is 5.70. The fourth-order valence-corrected chi connectivity index (χ4v) is 3.87. The highest BCUT2D eigenvalue weighted by Crippen LogP contribution is 2.22. The molecule has 2 aromatic heterocycles. The van der Waals surface area contributed by atoms with Crippen molar-refractivity contribution in [3.8, 4) is 0 Å². The van der Waals surface area contributed by atoms with Gasteiger partial charge in [-0.2, -0.15) is 5.10 Å². The van der Waals surface area contributed by atoms with Gasteiger partial charge in [0.05, 0.1) is 38.2 Å². The van der Waals surface area contributed by atoms with Crippen LogP contribution in [0, 0.1) is 0 Å². The second kappa shape index (κ2) is 13.1. The smallest absolute Gasteiger partial charge is 0.150 e. The molecule has 9 heteroatoms. The van der Waals surface area contributed by atoms with Crippen molar-refractivity contribution in [2.24, 2.45) is 5.73 Å². The third kappa shape index (κ3) is 7.13. The summed E-state index contributed by atoms with van der Waals surface area (Å²) in [5.74, 6) is 0. The summed E-state index contributed by atoms with van der Waals surface area (Å²) in [5, 5.41) is 8.47. The van der Waals surface area contributed by atoms with E-state index in [0.29, 0.717) is 18.7 Å². The first-order valence-electron chi connectivity index (χ1n) is 11.4. The van der Waals surface area contributed by atoms with Crippen molar-refractivity contribution in [1.82, 2.24) is 19.2 Å². The van der Waals surface area contributed by atoms with Crippen LogP contribution in [0.4, 0.5) is 5.69 Å². The van der Waals surface area contributed by atoms with Gasteiger partial charge in [0.15, 0.2) is 0 Å². The first-order valence-corrected chi connectivity index (χ1v) is 11.4. The van der Waals surface area contributed by atoms with Crippen LogP contribution in [-0.4, -0.2) is 79.1 Å². The molecule has 1 saturated heterocycles. The van der Waals surface area contributed by atoms with E-state index < -0.39 is 0 Å². The molecular weight excluding hydrogens is 420 g/mol. The van der Waals surface area contributed by atoms with Gasteiger partial charge in [-0.25, -0.2) is 0 Å². The van der Waals surface area contributed by atoms with Crippen molar-refractivity contribution in [1.29, 1.82) is 0 Å². The van der Waals surface area contributed by atoms with E-state index in [0.717, 1.165) is 80.9 Å². The van der Waals surface area contributed by atoms with Crippen LogP contribution in [0.5, 0.6) is 0 Å². The van der Waals surface area contributed by atoms with Crippen LogP contribution < -0.4 is 11.1 Å². The SMILES string of the molecule is CNc1cnn(CCN2CCOCC2)c1.COCc1cc2ccc(C=O)cc2n1CCCN. The van der Waals surface area contributed by atoms with Gasteiger partial charge in [0.1, 0.15) is 6.29 Å². The number of anilines is 1. The molecule has 0 aliphatic carbocycles. The number of aryl methyl sites for hydroxylation is 1. The molecular formula is C24H36N6O3. The van der Waals surface area contributed by atoms with Crippen molar-refractivity contribution in [2.75, 3.05) is 58.9 Å². The average Bonchev–Trinajstić information content (AvgIpc) is 3.46. The monoisotopic (exact) mass is 456 g/mol. The summed E-state index contributed by atoms with van der Waals surface area (Å²) in [7, 11) is 3.59. The number of aldehydes is 1. The number of rotatable bonds is 10. The number of carbonyl (C=O) groups is 1. The molecule has 0 unspecified atom stereocenters. The zero-order valence-corrected chi connectivity index (χ0v) is 19.7. The number of nitrogens with zero attached hydrogens (tertiary/aromatic N) is 4. The Morgan fingerprint density at radius 1 is 1.21 bits per heavy atom. The molecule has 33 heavy (non-hydrogen) atoms. The maximum atomic E-state index is 10.9. The first kappa shape index (κ1) is 24.9. The van der Waals surface area contributed by atoms with Crippen LogP contribution in [0.2, 0.25) is 0 Å². The van der Waals surface area contributed by atoms with Gasteiger partial charge in [0.2, 0.25) is 0 Å². The number of ether oxygens (including phenoxy) is 2. The van der Waals surface area contributed by atoms with Crippen LogP contribution >= 0.6 is 0 Å². The topological polar surface area (TPSA) is 99.6 Å². The van der Waals surface area contributed by atoms with Crippen LogP contribution in [0.1, 0.15) is 22.5 Å². The molecule has 4 rings (SSSR count). The number of aromatic nitrogens is 3. The van der Waals surface area contributed by atoms with E-state index in [-0.39, 0.29) is 0 Å². The Bertz CT molecular complexity index is 993. The number of methoxy groups -OCH3 is 1. The zero-order valence-electron chi connectivity index (χ0n) is 19.7.